The minimum Gasteiger partial charge on any atom is -0.465 e. The van der Waals surface area contributed by atoms with Crippen molar-refractivity contribution in [2.75, 3.05) is 7.05 Å². The molecule has 0 radical (unpaired) electrons. The molecule has 0 saturated carbocycles. The van der Waals surface area contributed by atoms with E-state index in [4.69, 9.17) is 9.40 Å². The Kier molecular flexibility index (Phi) is 3.52. The fraction of sp³-hybridized carbons (Fsp3) is 0.235. The summed E-state index contributed by atoms with van der Waals surface area (Å²) >= 11 is 0. The maximum absolute atomic E-state index is 5.71. The number of para-hydroxylation sites is 1. The van der Waals surface area contributed by atoms with E-state index in [9.17, 15) is 0 Å². The Morgan fingerprint density at radius 2 is 1.95 bits per heavy atom. The van der Waals surface area contributed by atoms with E-state index in [-0.39, 0.29) is 6.04 Å². The lowest BCUT2D eigenvalue weighted by atomic mass is 10.1. The molecule has 0 fully saturated rings. The Balaban J connectivity index is 1.87. The van der Waals surface area contributed by atoms with Gasteiger partial charge in [0.1, 0.15) is 11.5 Å². The van der Waals surface area contributed by atoms with E-state index in [1.165, 1.54) is 5.39 Å². The van der Waals surface area contributed by atoms with Crippen LogP contribution in [0.3, 0.4) is 0 Å². The highest BCUT2D eigenvalue weighted by Crippen LogP contribution is 2.21. The van der Waals surface area contributed by atoms with E-state index >= 15 is 0 Å². The highest BCUT2D eigenvalue weighted by atomic mass is 16.3. The molecule has 0 spiro atoms. The van der Waals surface area contributed by atoms with Crippen molar-refractivity contribution >= 4 is 10.9 Å². The van der Waals surface area contributed by atoms with Crippen LogP contribution in [0.5, 0.6) is 0 Å². The number of aryl methyl sites for hydroxylation is 1. The van der Waals surface area contributed by atoms with Crippen LogP contribution in [0.4, 0.5) is 0 Å². The van der Waals surface area contributed by atoms with Crippen molar-refractivity contribution in [1.82, 2.24) is 10.3 Å². The second kappa shape index (κ2) is 5.47. The second-order valence-electron chi connectivity index (χ2n) is 4.99. The number of likely N-dealkylation sites (N-methyl/N-ethyl adjacent to an activating group) is 1. The zero-order valence-corrected chi connectivity index (χ0v) is 11.8. The predicted octanol–water partition coefficient (Wildman–Crippen LogP) is 3.64. The number of nitrogens with one attached hydrogen (secondary N) is 1. The van der Waals surface area contributed by atoms with Gasteiger partial charge in [-0.3, -0.25) is 4.98 Å². The van der Waals surface area contributed by atoms with Gasteiger partial charge in [-0.05, 0) is 38.2 Å². The van der Waals surface area contributed by atoms with E-state index < -0.39 is 0 Å². The van der Waals surface area contributed by atoms with E-state index in [0.29, 0.717) is 0 Å². The Morgan fingerprint density at radius 1 is 1.10 bits per heavy atom. The fourth-order valence-corrected chi connectivity index (χ4v) is 2.42. The lowest BCUT2D eigenvalue weighted by Gasteiger charge is -2.13. The Hall–Kier alpha value is -2.13. The first kappa shape index (κ1) is 12.9. The number of nitrogens with zero attached hydrogens (tertiary/aromatic N) is 1. The van der Waals surface area contributed by atoms with Crippen molar-refractivity contribution < 1.29 is 4.42 Å². The largest absolute Gasteiger partial charge is 0.465 e. The van der Waals surface area contributed by atoms with Crippen LogP contribution < -0.4 is 5.32 Å². The van der Waals surface area contributed by atoms with Crippen molar-refractivity contribution in [2.24, 2.45) is 0 Å². The third kappa shape index (κ3) is 2.58. The molecule has 1 atom stereocenters. The summed E-state index contributed by atoms with van der Waals surface area (Å²) in [6, 6.07) is 16.6. The van der Waals surface area contributed by atoms with E-state index in [1.54, 1.807) is 0 Å². The first-order valence-corrected chi connectivity index (χ1v) is 6.84. The van der Waals surface area contributed by atoms with Gasteiger partial charge >= 0.3 is 0 Å². The molecule has 3 rings (SSSR count). The molecule has 1 N–H and O–H groups in total. The topological polar surface area (TPSA) is 38.1 Å². The predicted molar refractivity (Wildman–Crippen MR) is 80.7 cm³/mol. The number of fused-ring (bicyclic) bond motifs is 1. The molecule has 20 heavy (non-hydrogen) atoms. The number of benzene rings is 1. The maximum atomic E-state index is 5.71. The summed E-state index contributed by atoms with van der Waals surface area (Å²) < 4.78 is 5.71. The van der Waals surface area contributed by atoms with Crippen LogP contribution in [0.2, 0.25) is 0 Å². The quantitative estimate of drug-likeness (QED) is 0.783. The molecule has 3 nitrogen and oxygen atoms in total. The van der Waals surface area contributed by atoms with Gasteiger partial charge in [0.15, 0.2) is 0 Å². The van der Waals surface area contributed by atoms with Crippen LogP contribution >= 0.6 is 0 Å². The fourth-order valence-electron chi connectivity index (χ4n) is 2.42. The second-order valence-corrected chi connectivity index (χ2v) is 4.99. The summed E-state index contributed by atoms with van der Waals surface area (Å²) in [5, 5.41) is 4.47. The van der Waals surface area contributed by atoms with Gasteiger partial charge in [0.05, 0.1) is 11.6 Å². The molecule has 0 aliphatic rings. The number of rotatable bonds is 4. The first-order chi connectivity index (χ1) is 9.76. The van der Waals surface area contributed by atoms with Gasteiger partial charge in [0.25, 0.3) is 0 Å². The van der Waals surface area contributed by atoms with Crippen molar-refractivity contribution in [3.63, 3.8) is 0 Å². The van der Waals surface area contributed by atoms with Crippen LogP contribution in [0.25, 0.3) is 10.9 Å². The average molecular weight is 266 g/mol. The molecule has 0 bridgehead atoms. The normalized spacial score (nSPS) is 12.7. The Labute approximate surface area is 118 Å². The highest BCUT2D eigenvalue weighted by Gasteiger charge is 2.14. The molecule has 102 valence electrons. The molecule has 1 unspecified atom stereocenters. The Bertz CT molecular complexity index is 718. The molecular weight excluding hydrogens is 248 g/mol. The zero-order valence-electron chi connectivity index (χ0n) is 11.8. The zero-order chi connectivity index (χ0) is 13.9. The maximum Gasteiger partial charge on any atom is 0.121 e. The van der Waals surface area contributed by atoms with Crippen LogP contribution in [-0.2, 0) is 6.42 Å². The SMILES string of the molecule is CNC(Cc1ccc2ccccc2n1)c1ccc(C)o1. The van der Waals surface area contributed by atoms with Gasteiger partial charge in [0.2, 0.25) is 0 Å². The molecule has 0 aliphatic heterocycles. The standard InChI is InChI=1S/C17H18N2O/c1-12-7-10-17(20-12)16(18-2)11-14-9-8-13-5-3-4-6-15(13)19-14/h3-10,16,18H,11H2,1-2H3. The molecule has 3 heteroatoms. The lowest BCUT2D eigenvalue weighted by Crippen LogP contribution is -2.18. The van der Waals surface area contributed by atoms with Gasteiger partial charge in [0, 0.05) is 17.5 Å². The van der Waals surface area contributed by atoms with Crippen molar-refractivity contribution in [2.45, 2.75) is 19.4 Å². The van der Waals surface area contributed by atoms with Crippen LogP contribution in [0.1, 0.15) is 23.3 Å². The number of hydrogen-bond acceptors (Lipinski definition) is 3. The molecule has 2 aromatic heterocycles. The lowest BCUT2D eigenvalue weighted by molar-refractivity contribution is 0.413. The first-order valence-electron chi connectivity index (χ1n) is 6.84. The smallest absolute Gasteiger partial charge is 0.121 e. The number of furan rings is 1. The summed E-state index contributed by atoms with van der Waals surface area (Å²) in [5.74, 6) is 1.90. The van der Waals surface area contributed by atoms with Crippen molar-refractivity contribution in [1.29, 1.82) is 0 Å². The van der Waals surface area contributed by atoms with E-state index in [0.717, 1.165) is 29.2 Å². The van der Waals surface area contributed by atoms with Crippen LogP contribution in [0, 0.1) is 6.92 Å². The summed E-state index contributed by atoms with van der Waals surface area (Å²) in [5.41, 5.74) is 2.10. The molecule has 0 saturated heterocycles. The van der Waals surface area contributed by atoms with Gasteiger partial charge < -0.3 is 9.73 Å². The molecule has 2 heterocycles. The summed E-state index contributed by atoms with van der Waals surface area (Å²) in [6.45, 7) is 1.96. The molecule has 0 aliphatic carbocycles. The van der Waals surface area contributed by atoms with Crippen molar-refractivity contribution in [3.8, 4) is 0 Å². The number of aromatic nitrogens is 1. The third-order valence-corrected chi connectivity index (χ3v) is 3.52. The average Bonchev–Trinajstić information content (AvgIpc) is 2.91. The van der Waals surface area contributed by atoms with E-state index in [2.05, 4.69) is 23.5 Å². The molecule has 3 aromatic rings. The van der Waals surface area contributed by atoms with Gasteiger partial charge in [-0.2, -0.15) is 0 Å². The number of pyridine rings is 1. The summed E-state index contributed by atoms with van der Waals surface area (Å²) in [6.07, 6.45) is 0.814. The summed E-state index contributed by atoms with van der Waals surface area (Å²) in [7, 11) is 1.95. The summed E-state index contributed by atoms with van der Waals surface area (Å²) in [4.78, 5) is 4.71. The Morgan fingerprint density at radius 3 is 2.70 bits per heavy atom. The van der Waals surface area contributed by atoms with Crippen LogP contribution in [-0.4, -0.2) is 12.0 Å². The van der Waals surface area contributed by atoms with Gasteiger partial charge in [-0.1, -0.05) is 24.3 Å². The minimum atomic E-state index is 0.150. The van der Waals surface area contributed by atoms with E-state index in [1.807, 2.05) is 44.3 Å². The molecular formula is C17H18N2O. The van der Waals surface area contributed by atoms with Gasteiger partial charge in [-0.15, -0.1) is 0 Å². The van der Waals surface area contributed by atoms with Crippen molar-refractivity contribution in [3.05, 3.63) is 65.7 Å². The monoisotopic (exact) mass is 266 g/mol. The number of hydrogen-bond donors (Lipinski definition) is 1. The van der Waals surface area contributed by atoms with Crippen LogP contribution in [0.15, 0.2) is 52.9 Å². The molecule has 0 amide bonds. The molecule has 1 aromatic carbocycles. The highest BCUT2D eigenvalue weighted by molar-refractivity contribution is 5.78. The third-order valence-electron chi connectivity index (χ3n) is 3.52. The minimum absolute atomic E-state index is 0.150. The van der Waals surface area contributed by atoms with Gasteiger partial charge in [-0.25, -0.2) is 0 Å².